The Balaban J connectivity index is 1.25. The molecule has 0 amide bonds. The third kappa shape index (κ3) is 8.49. The number of allylic oxidation sites excluding steroid dienone is 1. The molecule has 0 bridgehead atoms. The second-order valence-electron chi connectivity index (χ2n) is 12.3. The molecule has 2 aliphatic carbocycles. The van der Waals surface area contributed by atoms with Crippen molar-refractivity contribution in [2.45, 2.75) is 128 Å². The number of alkyl halides is 2. The lowest BCUT2D eigenvalue weighted by molar-refractivity contribution is -0.272. The van der Waals surface area contributed by atoms with Crippen molar-refractivity contribution in [3.05, 3.63) is 83.4 Å². The van der Waals surface area contributed by atoms with Crippen LogP contribution in [0.4, 0.5) is 8.78 Å². The number of ether oxygens (including phenoxy) is 1. The van der Waals surface area contributed by atoms with Crippen molar-refractivity contribution in [2.24, 2.45) is 11.8 Å². The zero-order chi connectivity index (χ0) is 27.7. The van der Waals surface area contributed by atoms with E-state index in [-0.39, 0.29) is 5.56 Å². The summed E-state index contributed by atoms with van der Waals surface area (Å²) in [4.78, 5) is 0. The summed E-state index contributed by atoms with van der Waals surface area (Å²) in [5.74, 6) is 2.53. The minimum atomic E-state index is -3.33. The number of hydrogen-bond donors (Lipinski definition) is 0. The smallest absolute Gasteiger partial charge is 0.309 e. The first-order valence-corrected chi connectivity index (χ1v) is 15.8. The van der Waals surface area contributed by atoms with E-state index < -0.39 is 12.2 Å². The Morgan fingerprint density at radius 1 is 0.795 bits per heavy atom. The van der Waals surface area contributed by atoms with Gasteiger partial charge >= 0.3 is 6.11 Å². The second-order valence-corrected chi connectivity index (χ2v) is 12.3. The number of halogens is 2. The maximum Gasteiger partial charge on any atom is 0.383 e. The van der Waals surface area contributed by atoms with E-state index in [1.54, 1.807) is 19.1 Å². The molecular weight excluding hydrogens is 486 g/mol. The van der Waals surface area contributed by atoms with Gasteiger partial charge in [0.15, 0.2) is 0 Å². The lowest BCUT2D eigenvalue weighted by atomic mass is 9.77. The Kier molecular flexibility index (Phi) is 11.2. The highest BCUT2D eigenvalue weighted by molar-refractivity contribution is 5.29. The Bertz CT molecular complexity index is 980. The summed E-state index contributed by atoms with van der Waals surface area (Å²) < 4.78 is 35.5. The first kappa shape index (κ1) is 30.0. The predicted octanol–water partition coefficient (Wildman–Crippen LogP) is 11.6. The van der Waals surface area contributed by atoms with Gasteiger partial charge in [0, 0.05) is 0 Å². The van der Waals surface area contributed by atoms with Crippen molar-refractivity contribution in [1.82, 2.24) is 0 Å². The Morgan fingerprint density at radius 3 is 1.90 bits per heavy atom. The largest absolute Gasteiger partial charge is 0.383 e. The first-order chi connectivity index (χ1) is 18.9. The molecule has 0 N–H and O–H groups in total. The van der Waals surface area contributed by atoms with Crippen LogP contribution in [0.15, 0.2) is 61.2 Å². The van der Waals surface area contributed by atoms with Gasteiger partial charge < -0.3 is 4.74 Å². The van der Waals surface area contributed by atoms with Crippen molar-refractivity contribution in [2.75, 3.05) is 0 Å². The Hall–Kier alpha value is -2.00. The van der Waals surface area contributed by atoms with Gasteiger partial charge in [-0.15, -0.1) is 6.58 Å². The van der Waals surface area contributed by atoms with Gasteiger partial charge in [-0.2, -0.15) is 8.78 Å². The average Bonchev–Trinajstić information content (AvgIpc) is 2.97. The van der Waals surface area contributed by atoms with E-state index in [2.05, 4.69) is 25.6 Å². The molecule has 2 aromatic carbocycles. The second kappa shape index (κ2) is 14.6. The van der Waals surface area contributed by atoms with Crippen LogP contribution in [0.2, 0.25) is 0 Å². The number of benzene rings is 2. The molecule has 0 aliphatic heterocycles. The maximum absolute atomic E-state index is 15.1. The molecule has 0 spiro atoms. The van der Waals surface area contributed by atoms with Gasteiger partial charge in [-0.25, -0.2) is 0 Å². The first-order valence-electron chi connectivity index (χ1n) is 15.8. The zero-order valence-electron chi connectivity index (χ0n) is 24.4. The molecule has 1 unspecified atom stereocenters. The van der Waals surface area contributed by atoms with E-state index in [0.717, 1.165) is 42.7 Å². The van der Waals surface area contributed by atoms with Gasteiger partial charge in [0.2, 0.25) is 0 Å². The molecule has 2 aromatic rings. The molecule has 2 saturated carbocycles. The normalized spacial score (nSPS) is 24.8. The standard InChI is InChI=1S/C36H50F2O/c1-4-6-7-8-9-10-29-13-17-32(18-14-29)33-21-19-30(20-22-33)27(3)39-36(37,38)35-25-23-34(24-26-35)31-15-11-28(5-2)12-16-31/h5,19-29,31-32H,2,4,6-18H2,1,3H3. The van der Waals surface area contributed by atoms with Gasteiger partial charge in [0.05, 0.1) is 11.7 Å². The Morgan fingerprint density at radius 2 is 1.33 bits per heavy atom. The van der Waals surface area contributed by atoms with Crippen molar-refractivity contribution in [1.29, 1.82) is 0 Å². The van der Waals surface area contributed by atoms with E-state index in [4.69, 9.17) is 4.74 Å². The predicted molar refractivity (Wildman–Crippen MR) is 159 cm³/mol. The molecule has 2 fully saturated rings. The number of unbranched alkanes of at least 4 members (excludes halogenated alkanes) is 4. The van der Waals surface area contributed by atoms with Crippen LogP contribution in [0.3, 0.4) is 0 Å². The molecule has 39 heavy (non-hydrogen) atoms. The Labute approximate surface area is 236 Å². The monoisotopic (exact) mass is 536 g/mol. The van der Waals surface area contributed by atoms with Crippen LogP contribution in [0, 0.1) is 11.8 Å². The maximum atomic E-state index is 15.1. The third-order valence-corrected chi connectivity index (χ3v) is 9.59. The lowest BCUT2D eigenvalue weighted by Crippen LogP contribution is -2.20. The van der Waals surface area contributed by atoms with Crippen LogP contribution in [0.25, 0.3) is 0 Å². The van der Waals surface area contributed by atoms with Gasteiger partial charge in [-0.1, -0.05) is 100 Å². The van der Waals surface area contributed by atoms with Crippen LogP contribution >= 0.6 is 0 Å². The van der Waals surface area contributed by atoms with Crippen molar-refractivity contribution < 1.29 is 13.5 Å². The minimum absolute atomic E-state index is 0.0726. The van der Waals surface area contributed by atoms with E-state index in [0.29, 0.717) is 17.8 Å². The van der Waals surface area contributed by atoms with Gasteiger partial charge in [-0.05, 0) is 98.7 Å². The average molecular weight is 537 g/mol. The molecule has 0 saturated heterocycles. The van der Waals surface area contributed by atoms with E-state index >= 15 is 8.78 Å². The summed E-state index contributed by atoms with van der Waals surface area (Å²) in [5.41, 5.74) is 3.23. The molecular formula is C36H50F2O. The fourth-order valence-electron chi connectivity index (χ4n) is 6.86. The third-order valence-electron chi connectivity index (χ3n) is 9.59. The molecule has 2 aliphatic rings. The molecule has 4 rings (SSSR count). The highest BCUT2D eigenvalue weighted by Crippen LogP contribution is 2.41. The highest BCUT2D eigenvalue weighted by Gasteiger charge is 2.35. The van der Waals surface area contributed by atoms with E-state index in [1.165, 1.54) is 69.8 Å². The van der Waals surface area contributed by atoms with Gasteiger partial charge in [0.25, 0.3) is 0 Å². The minimum Gasteiger partial charge on any atom is -0.309 e. The van der Waals surface area contributed by atoms with E-state index in [1.807, 2.05) is 30.3 Å². The zero-order valence-corrected chi connectivity index (χ0v) is 24.4. The van der Waals surface area contributed by atoms with E-state index in [9.17, 15) is 0 Å². The topological polar surface area (TPSA) is 9.23 Å². The van der Waals surface area contributed by atoms with Crippen LogP contribution < -0.4 is 0 Å². The fraction of sp³-hybridized carbons (Fsp3) is 0.611. The van der Waals surface area contributed by atoms with Crippen LogP contribution in [0.5, 0.6) is 0 Å². The van der Waals surface area contributed by atoms with Crippen molar-refractivity contribution in [3.8, 4) is 0 Å². The van der Waals surface area contributed by atoms with Gasteiger partial charge in [0.1, 0.15) is 0 Å². The number of hydrogen-bond acceptors (Lipinski definition) is 1. The summed E-state index contributed by atoms with van der Waals surface area (Å²) in [6.45, 7) is 7.90. The lowest BCUT2D eigenvalue weighted by Gasteiger charge is -2.29. The molecule has 3 heteroatoms. The summed E-state index contributed by atoms with van der Waals surface area (Å²) >= 11 is 0. The fourth-order valence-corrected chi connectivity index (χ4v) is 6.86. The molecule has 214 valence electrons. The quantitative estimate of drug-likeness (QED) is 0.183. The summed E-state index contributed by atoms with van der Waals surface area (Å²) in [6.07, 6.45) is 15.8. The van der Waals surface area contributed by atoms with Crippen LogP contribution in [-0.2, 0) is 10.8 Å². The summed E-state index contributed by atoms with van der Waals surface area (Å²) in [5, 5.41) is 0. The SMILES string of the molecule is C=CC1CCC(c2ccc(C(F)(F)OC(C)c3ccc(C4CCC(CCCCCCC)CC4)cc3)cc2)CC1. The molecule has 1 nitrogen and oxygen atoms in total. The molecule has 0 heterocycles. The highest BCUT2D eigenvalue weighted by atomic mass is 19.3. The van der Waals surface area contributed by atoms with Crippen molar-refractivity contribution >= 4 is 0 Å². The summed E-state index contributed by atoms with van der Waals surface area (Å²) in [6, 6.07) is 15.1. The van der Waals surface area contributed by atoms with Crippen LogP contribution in [-0.4, -0.2) is 0 Å². The van der Waals surface area contributed by atoms with Gasteiger partial charge in [-0.3, -0.25) is 0 Å². The van der Waals surface area contributed by atoms with Crippen LogP contribution in [0.1, 0.15) is 144 Å². The van der Waals surface area contributed by atoms with Crippen molar-refractivity contribution in [3.63, 3.8) is 0 Å². The number of rotatable bonds is 13. The molecule has 0 radical (unpaired) electrons. The molecule has 1 atom stereocenters. The molecule has 0 aromatic heterocycles. The summed E-state index contributed by atoms with van der Waals surface area (Å²) in [7, 11) is 0.